The fraction of sp³-hybridized carbons (Fsp3) is 0.333. The summed E-state index contributed by atoms with van der Waals surface area (Å²) in [6.07, 6.45) is 0.0875. The molecule has 28 heavy (non-hydrogen) atoms. The molecule has 0 fully saturated rings. The van der Waals surface area contributed by atoms with Gasteiger partial charge in [0.05, 0.1) is 6.42 Å². The Kier molecular flexibility index (Phi) is 8.17. The number of nitrogens with zero attached hydrogens (tertiary/aromatic N) is 1. The quantitative estimate of drug-likeness (QED) is 0.647. The van der Waals surface area contributed by atoms with Crippen LogP contribution >= 0.6 is 34.8 Å². The van der Waals surface area contributed by atoms with Crippen molar-refractivity contribution in [3.8, 4) is 0 Å². The van der Waals surface area contributed by atoms with Crippen LogP contribution in [0.15, 0.2) is 42.5 Å². The van der Waals surface area contributed by atoms with Crippen LogP contribution < -0.4 is 5.32 Å². The molecule has 0 saturated carbocycles. The van der Waals surface area contributed by atoms with Crippen molar-refractivity contribution < 1.29 is 9.59 Å². The minimum Gasteiger partial charge on any atom is -0.352 e. The van der Waals surface area contributed by atoms with Crippen LogP contribution in [0.1, 0.15) is 31.9 Å². The van der Waals surface area contributed by atoms with E-state index in [9.17, 15) is 9.59 Å². The van der Waals surface area contributed by atoms with E-state index < -0.39 is 6.04 Å². The Bertz CT molecular complexity index is 855. The van der Waals surface area contributed by atoms with Gasteiger partial charge < -0.3 is 10.2 Å². The number of carbonyl (C=O) groups is 2. The molecule has 0 radical (unpaired) electrons. The lowest BCUT2D eigenvalue weighted by atomic mass is 10.1. The van der Waals surface area contributed by atoms with Gasteiger partial charge in [-0.1, -0.05) is 59.1 Å². The van der Waals surface area contributed by atoms with Crippen LogP contribution in [0.25, 0.3) is 0 Å². The number of halogens is 3. The third kappa shape index (κ3) is 6.13. The smallest absolute Gasteiger partial charge is 0.242 e. The molecule has 0 spiro atoms. The maximum atomic E-state index is 13.1. The Hall–Kier alpha value is -1.75. The molecule has 2 rings (SSSR count). The van der Waals surface area contributed by atoms with E-state index >= 15 is 0 Å². The summed E-state index contributed by atoms with van der Waals surface area (Å²) in [5.41, 5.74) is 1.42. The summed E-state index contributed by atoms with van der Waals surface area (Å²) in [4.78, 5) is 27.2. The van der Waals surface area contributed by atoms with Gasteiger partial charge >= 0.3 is 0 Å². The van der Waals surface area contributed by atoms with Crippen molar-refractivity contribution >= 4 is 46.6 Å². The van der Waals surface area contributed by atoms with E-state index in [2.05, 4.69) is 5.32 Å². The average Bonchev–Trinajstić information content (AvgIpc) is 2.61. The van der Waals surface area contributed by atoms with E-state index in [0.29, 0.717) is 26.2 Å². The second kappa shape index (κ2) is 10.1. The van der Waals surface area contributed by atoms with Crippen molar-refractivity contribution in [2.45, 2.75) is 45.8 Å². The lowest BCUT2D eigenvalue weighted by Crippen LogP contribution is -2.49. The SMILES string of the molecule is CC(C)NC(=O)C(C)N(Cc1ccc(Cl)cc1Cl)C(=O)Cc1ccccc1Cl. The Morgan fingerprint density at radius 1 is 0.964 bits per heavy atom. The van der Waals surface area contributed by atoms with Crippen LogP contribution in [0, 0.1) is 0 Å². The number of amides is 2. The van der Waals surface area contributed by atoms with Gasteiger partial charge in [0.1, 0.15) is 6.04 Å². The molecule has 0 heterocycles. The Morgan fingerprint density at radius 3 is 2.25 bits per heavy atom. The van der Waals surface area contributed by atoms with Crippen molar-refractivity contribution in [3.05, 3.63) is 68.7 Å². The monoisotopic (exact) mass is 440 g/mol. The van der Waals surface area contributed by atoms with Crippen LogP contribution in [0.4, 0.5) is 0 Å². The average molecular weight is 442 g/mol. The summed E-state index contributed by atoms with van der Waals surface area (Å²) < 4.78 is 0. The first-order valence-electron chi connectivity index (χ1n) is 8.96. The minimum atomic E-state index is -0.677. The van der Waals surface area contributed by atoms with E-state index in [-0.39, 0.29) is 30.8 Å². The van der Waals surface area contributed by atoms with Gasteiger partial charge in [0.25, 0.3) is 0 Å². The van der Waals surface area contributed by atoms with Crippen molar-refractivity contribution in [3.63, 3.8) is 0 Å². The molecule has 0 aliphatic heterocycles. The summed E-state index contributed by atoms with van der Waals surface area (Å²) in [6.45, 7) is 5.63. The topological polar surface area (TPSA) is 49.4 Å². The Balaban J connectivity index is 2.30. The van der Waals surface area contributed by atoms with Gasteiger partial charge in [-0.25, -0.2) is 0 Å². The molecule has 0 bridgehead atoms. The molecular formula is C21H23Cl3N2O2. The van der Waals surface area contributed by atoms with Crippen LogP contribution in [-0.2, 0) is 22.6 Å². The van der Waals surface area contributed by atoms with Gasteiger partial charge in [0, 0.05) is 27.7 Å². The summed E-state index contributed by atoms with van der Waals surface area (Å²) in [6, 6.07) is 11.5. The standard InChI is InChI=1S/C21H23Cl3N2O2/c1-13(2)25-21(28)14(3)26(12-16-8-9-17(22)11-19(16)24)20(27)10-15-6-4-5-7-18(15)23/h4-9,11,13-14H,10,12H2,1-3H3,(H,25,28). The predicted molar refractivity (Wildman–Crippen MR) is 115 cm³/mol. The van der Waals surface area contributed by atoms with Crippen molar-refractivity contribution in [1.82, 2.24) is 10.2 Å². The molecule has 1 unspecified atom stereocenters. The molecule has 0 aromatic heterocycles. The third-order valence-electron chi connectivity index (χ3n) is 4.25. The minimum absolute atomic E-state index is 0.0328. The second-order valence-corrected chi connectivity index (χ2v) is 8.12. The fourth-order valence-corrected chi connectivity index (χ4v) is 3.40. The van der Waals surface area contributed by atoms with Crippen molar-refractivity contribution in [1.29, 1.82) is 0 Å². The molecule has 0 aliphatic carbocycles. The summed E-state index contributed by atoms with van der Waals surface area (Å²) in [7, 11) is 0. The molecule has 7 heteroatoms. The van der Waals surface area contributed by atoms with Gasteiger partial charge in [-0.3, -0.25) is 9.59 Å². The predicted octanol–water partition coefficient (Wildman–Crippen LogP) is 5.13. The lowest BCUT2D eigenvalue weighted by molar-refractivity contribution is -0.140. The van der Waals surface area contributed by atoms with Gasteiger partial charge in [-0.05, 0) is 50.1 Å². The van der Waals surface area contributed by atoms with Crippen molar-refractivity contribution in [2.24, 2.45) is 0 Å². The molecule has 2 amide bonds. The molecule has 1 atom stereocenters. The van der Waals surface area contributed by atoms with Gasteiger partial charge in [-0.15, -0.1) is 0 Å². The number of hydrogen-bond donors (Lipinski definition) is 1. The molecule has 150 valence electrons. The van der Waals surface area contributed by atoms with Crippen LogP contribution in [0.5, 0.6) is 0 Å². The highest BCUT2D eigenvalue weighted by Gasteiger charge is 2.27. The molecule has 4 nitrogen and oxygen atoms in total. The van der Waals surface area contributed by atoms with E-state index in [1.807, 2.05) is 19.9 Å². The normalized spacial score (nSPS) is 12.0. The van der Waals surface area contributed by atoms with Crippen LogP contribution in [0.3, 0.4) is 0 Å². The number of rotatable bonds is 7. The van der Waals surface area contributed by atoms with Gasteiger partial charge in [0.15, 0.2) is 0 Å². The highest BCUT2D eigenvalue weighted by Crippen LogP contribution is 2.24. The maximum absolute atomic E-state index is 13.1. The lowest BCUT2D eigenvalue weighted by Gasteiger charge is -2.30. The first-order valence-corrected chi connectivity index (χ1v) is 10.1. The molecular weight excluding hydrogens is 419 g/mol. The zero-order chi connectivity index (χ0) is 20.8. The number of carbonyl (C=O) groups excluding carboxylic acids is 2. The first-order chi connectivity index (χ1) is 13.2. The number of nitrogens with one attached hydrogen (secondary N) is 1. The summed E-state index contributed by atoms with van der Waals surface area (Å²) in [5, 5.41) is 4.31. The zero-order valence-corrected chi connectivity index (χ0v) is 18.3. The van der Waals surface area contributed by atoms with E-state index in [0.717, 1.165) is 0 Å². The van der Waals surface area contributed by atoms with Crippen LogP contribution in [0.2, 0.25) is 15.1 Å². The molecule has 2 aromatic rings. The summed E-state index contributed by atoms with van der Waals surface area (Å²) in [5.74, 6) is -0.446. The fourth-order valence-electron chi connectivity index (χ4n) is 2.73. The van der Waals surface area contributed by atoms with E-state index in [1.54, 1.807) is 43.3 Å². The first kappa shape index (κ1) is 22.5. The second-order valence-electron chi connectivity index (χ2n) is 6.86. The molecule has 1 N–H and O–H groups in total. The molecule has 2 aromatic carbocycles. The third-order valence-corrected chi connectivity index (χ3v) is 5.21. The van der Waals surface area contributed by atoms with Gasteiger partial charge in [-0.2, -0.15) is 0 Å². The van der Waals surface area contributed by atoms with E-state index in [1.165, 1.54) is 4.90 Å². The molecule has 0 aliphatic rings. The zero-order valence-electron chi connectivity index (χ0n) is 16.0. The van der Waals surface area contributed by atoms with Gasteiger partial charge in [0.2, 0.25) is 11.8 Å². The largest absolute Gasteiger partial charge is 0.352 e. The number of hydrogen-bond acceptors (Lipinski definition) is 2. The van der Waals surface area contributed by atoms with Crippen LogP contribution in [-0.4, -0.2) is 28.8 Å². The highest BCUT2D eigenvalue weighted by molar-refractivity contribution is 6.35. The Labute approximate surface area is 180 Å². The van der Waals surface area contributed by atoms with E-state index in [4.69, 9.17) is 34.8 Å². The number of benzene rings is 2. The summed E-state index contributed by atoms with van der Waals surface area (Å²) >= 11 is 18.5. The maximum Gasteiger partial charge on any atom is 0.242 e. The Morgan fingerprint density at radius 2 is 1.64 bits per heavy atom. The highest BCUT2D eigenvalue weighted by atomic mass is 35.5. The molecule has 0 saturated heterocycles. The van der Waals surface area contributed by atoms with Crippen molar-refractivity contribution in [2.75, 3.05) is 0 Å².